The van der Waals surface area contributed by atoms with Crippen LogP contribution in [-0.4, -0.2) is 66.1 Å². The van der Waals surface area contributed by atoms with Crippen LogP contribution in [0.5, 0.6) is 0 Å². The number of morpholine rings is 1. The van der Waals surface area contributed by atoms with Gasteiger partial charge in [0.15, 0.2) is 0 Å². The van der Waals surface area contributed by atoms with Crippen LogP contribution >= 0.6 is 12.2 Å². The summed E-state index contributed by atoms with van der Waals surface area (Å²) in [5.41, 5.74) is 5.57. The summed E-state index contributed by atoms with van der Waals surface area (Å²) < 4.78 is 5.46. The normalized spacial score (nSPS) is 32.1. The summed E-state index contributed by atoms with van der Waals surface area (Å²) in [6.07, 6.45) is 0.682. The van der Waals surface area contributed by atoms with Crippen LogP contribution in [-0.2, 0) is 9.53 Å². The molecule has 2 fully saturated rings. The quantitative estimate of drug-likeness (QED) is 0.644. The predicted octanol–water partition coefficient (Wildman–Crippen LogP) is -0.796. The van der Waals surface area contributed by atoms with Gasteiger partial charge in [0.05, 0.1) is 12.6 Å². The summed E-state index contributed by atoms with van der Waals surface area (Å²) >= 11 is 4.93. The number of likely N-dealkylation sites (tertiary alicyclic amines) is 1. The van der Waals surface area contributed by atoms with Crippen molar-refractivity contribution in [2.24, 2.45) is 5.73 Å². The highest BCUT2D eigenvalue weighted by atomic mass is 32.1. The van der Waals surface area contributed by atoms with Crippen LogP contribution in [0.1, 0.15) is 6.42 Å². The van der Waals surface area contributed by atoms with Gasteiger partial charge < -0.3 is 15.4 Å². The van der Waals surface area contributed by atoms with Crippen LogP contribution in [0.15, 0.2) is 0 Å². The van der Waals surface area contributed by atoms with E-state index in [-0.39, 0.29) is 18.1 Å². The Bertz CT molecular complexity index is 310. The van der Waals surface area contributed by atoms with Crippen molar-refractivity contribution in [2.75, 3.05) is 33.3 Å². The van der Waals surface area contributed by atoms with E-state index in [4.69, 9.17) is 22.7 Å². The van der Waals surface area contributed by atoms with Gasteiger partial charge in [0.1, 0.15) is 11.1 Å². The van der Waals surface area contributed by atoms with Crippen molar-refractivity contribution in [3.05, 3.63) is 0 Å². The van der Waals surface area contributed by atoms with Gasteiger partial charge in [-0.3, -0.25) is 9.69 Å². The van der Waals surface area contributed by atoms with Crippen LogP contribution in [0.4, 0.5) is 0 Å². The zero-order chi connectivity index (χ0) is 11.7. The number of thiocarbonyl (C=S) groups is 1. The number of likely N-dealkylation sites (N-methyl/N-ethyl adjacent to an activating group) is 1. The molecule has 2 rings (SSSR count). The fourth-order valence-corrected chi connectivity index (χ4v) is 2.41. The zero-order valence-electron chi connectivity index (χ0n) is 9.39. The third-order valence-electron chi connectivity index (χ3n) is 3.26. The lowest BCUT2D eigenvalue weighted by atomic mass is 10.1. The van der Waals surface area contributed by atoms with E-state index in [2.05, 4.69) is 4.90 Å². The molecule has 2 N–H and O–H groups in total. The highest BCUT2D eigenvalue weighted by Crippen LogP contribution is 2.18. The van der Waals surface area contributed by atoms with Crippen LogP contribution in [0, 0.1) is 0 Å². The van der Waals surface area contributed by atoms with Crippen molar-refractivity contribution in [1.29, 1.82) is 0 Å². The lowest BCUT2D eigenvalue weighted by Gasteiger charge is -2.35. The van der Waals surface area contributed by atoms with E-state index >= 15 is 0 Å². The molecule has 2 aliphatic heterocycles. The minimum absolute atomic E-state index is 0.00856. The molecule has 0 saturated carbocycles. The van der Waals surface area contributed by atoms with E-state index in [0.717, 1.165) is 19.5 Å². The van der Waals surface area contributed by atoms with Crippen LogP contribution in [0.25, 0.3) is 0 Å². The smallest absolute Gasteiger partial charge is 0.239 e. The van der Waals surface area contributed by atoms with E-state index in [1.54, 1.807) is 4.90 Å². The molecule has 2 aliphatic rings. The molecule has 0 aromatic carbocycles. The van der Waals surface area contributed by atoms with Gasteiger partial charge in [-0.25, -0.2) is 0 Å². The maximum absolute atomic E-state index is 11.9. The maximum Gasteiger partial charge on any atom is 0.239 e. The molecule has 0 aliphatic carbocycles. The summed E-state index contributed by atoms with van der Waals surface area (Å²) in [4.78, 5) is 16.2. The van der Waals surface area contributed by atoms with E-state index in [0.29, 0.717) is 18.1 Å². The largest absolute Gasteiger partial charge is 0.391 e. The highest BCUT2D eigenvalue weighted by molar-refractivity contribution is 7.80. The minimum Gasteiger partial charge on any atom is -0.391 e. The van der Waals surface area contributed by atoms with Gasteiger partial charge in [0.25, 0.3) is 0 Å². The Morgan fingerprint density at radius 2 is 2.31 bits per heavy atom. The average molecular weight is 243 g/mol. The average Bonchev–Trinajstić information content (AvgIpc) is 2.60. The Balaban J connectivity index is 1.99. The number of rotatable bonds is 2. The first-order valence-corrected chi connectivity index (χ1v) is 5.90. The Hall–Kier alpha value is -0.720. The van der Waals surface area contributed by atoms with Gasteiger partial charge in [0.2, 0.25) is 5.91 Å². The second-order valence-corrected chi connectivity index (χ2v) is 4.79. The molecule has 2 saturated heterocycles. The van der Waals surface area contributed by atoms with Gasteiger partial charge >= 0.3 is 0 Å². The van der Waals surface area contributed by atoms with Crippen molar-refractivity contribution < 1.29 is 9.53 Å². The fraction of sp³-hybridized carbons (Fsp3) is 0.800. The number of ether oxygens (including phenoxy) is 1. The monoisotopic (exact) mass is 243 g/mol. The van der Waals surface area contributed by atoms with Crippen LogP contribution in [0.2, 0.25) is 0 Å². The van der Waals surface area contributed by atoms with E-state index < -0.39 is 0 Å². The first-order chi connectivity index (χ1) is 7.59. The molecule has 1 amide bonds. The number of carbonyl (C=O) groups excluding carboxylic acids is 1. The molecule has 16 heavy (non-hydrogen) atoms. The van der Waals surface area contributed by atoms with E-state index in [1.807, 2.05) is 7.05 Å². The second kappa shape index (κ2) is 4.65. The summed E-state index contributed by atoms with van der Waals surface area (Å²) in [7, 11) is 1.84. The first-order valence-electron chi connectivity index (χ1n) is 5.49. The van der Waals surface area contributed by atoms with E-state index in [9.17, 15) is 4.79 Å². The number of carbonyl (C=O) groups is 1. The van der Waals surface area contributed by atoms with Crippen LogP contribution in [0.3, 0.4) is 0 Å². The van der Waals surface area contributed by atoms with Gasteiger partial charge in [-0.05, 0) is 6.42 Å². The van der Waals surface area contributed by atoms with Crippen LogP contribution < -0.4 is 5.73 Å². The first kappa shape index (κ1) is 11.8. The summed E-state index contributed by atoms with van der Waals surface area (Å²) in [5.74, 6) is 0.198. The number of nitrogens with zero attached hydrogens (tertiary/aromatic N) is 2. The molecule has 0 bridgehead atoms. The molecule has 2 heterocycles. The zero-order valence-corrected chi connectivity index (χ0v) is 10.2. The number of hydrogen-bond acceptors (Lipinski definition) is 4. The lowest BCUT2D eigenvalue weighted by molar-refractivity contribution is -0.132. The topological polar surface area (TPSA) is 58.8 Å². The Morgan fingerprint density at radius 3 is 2.88 bits per heavy atom. The molecule has 0 aromatic rings. The second-order valence-electron chi connectivity index (χ2n) is 4.32. The lowest BCUT2D eigenvalue weighted by Crippen LogP contribution is -2.53. The van der Waals surface area contributed by atoms with Crippen molar-refractivity contribution in [1.82, 2.24) is 9.80 Å². The summed E-state index contributed by atoms with van der Waals surface area (Å²) in [6, 6.07) is -0.00856. The van der Waals surface area contributed by atoms with E-state index in [1.165, 1.54) is 0 Å². The minimum atomic E-state index is -0.206. The fourth-order valence-electron chi connectivity index (χ4n) is 2.27. The molecule has 5 nitrogen and oxygen atoms in total. The molecule has 90 valence electrons. The molecule has 6 heteroatoms. The summed E-state index contributed by atoms with van der Waals surface area (Å²) in [5, 5.41) is 0. The number of nitrogens with two attached hydrogens (primary N) is 1. The molecular formula is C10H17N3O2S. The van der Waals surface area contributed by atoms with Crippen molar-refractivity contribution in [3.8, 4) is 0 Å². The highest BCUT2D eigenvalue weighted by Gasteiger charge is 2.36. The Kier molecular flexibility index (Phi) is 3.41. The molecule has 2 unspecified atom stereocenters. The Morgan fingerprint density at radius 1 is 1.56 bits per heavy atom. The SMILES string of the molecule is CN1CCC(N2CCOC(C(N)=S)C2)C1=O. The van der Waals surface area contributed by atoms with Crippen molar-refractivity contribution in [2.45, 2.75) is 18.6 Å². The molecule has 2 atom stereocenters. The number of amides is 1. The van der Waals surface area contributed by atoms with Gasteiger partial charge in [-0.2, -0.15) is 0 Å². The standard InChI is InChI=1S/C10H17N3O2S/c1-12-3-2-7(10(12)14)13-4-5-15-8(6-13)9(11)16/h7-8H,2-6H2,1H3,(H2,11,16). The molecule has 0 aromatic heterocycles. The van der Waals surface area contributed by atoms with Gasteiger partial charge in [-0.1, -0.05) is 12.2 Å². The molecule has 0 spiro atoms. The molecule has 0 radical (unpaired) electrons. The maximum atomic E-state index is 11.9. The Labute approximate surface area is 101 Å². The van der Waals surface area contributed by atoms with Gasteiger partial charge in [-0.15, -0.1) is 0 Å². The summed E-state index contributed by atoms with van der Waals surface area (Å²) in [6.45, 7) is 2.84. The van der Waals surface area contributed by atoms with Gasteiger partial charge in [0, 0.05) is 26.7 Å². The molecular weight excluding hydrogens is 226 g/mol. The van der Waals surface area contributed by atoms with Crippen molar-refractivity contribution in [3.63, 3.8) is 0 Å². The third-order valence-corrected chi connectivity index (χ3v) is 3.52. The predicted molar refractivity (Wildman–Crippen MR) is 64.1 cm³/mol. The third kappa shape index (κ3) is 2.18. The number of hydrogen-bond donors (Lipinski definition) is 1. The van der Waals surface area contributed by atoms with Crippen molar-refractivity contribution >= 4 is 23.1 Å².